The van der Waals surface area contributed by atoms with E-state index in [1.54, 1.807) is 18.1 Å². The van der Waals surface area contributed by atoms with Crippen molar-refractivity contribution < 1.29 is 9.53 Å². The molecule has 0 unspecified atom stereocenters. The van der Waals surface area contributed by atoms with E-state index >= 15 is 0 Å². The summed E-state index contributed by atoms with van der Waals surface area (Å²) in [5.74, 6) is 2.58. The summed E-state index contributed by atoms with van der Waals surface area (Å²) < 4.78 is 6.51. The van der Waals surface area contributed by atoms with Gasteiger partial charge in [0.05, 0.1) is 17.5 Å². The monoisotopic (exact) mass is 390 g/mol. The van der Waals surface area contributed by atoms with Gasteiger partial charge in [-0.3, -0.25) is 4.79 Å². The third-order valence-corrected chi connectivity index (χ3v) is 7.57. The van der Waals surface area contributed by atoms with E-state index in [0.717, 1.165) is 49.6 Å². The molecular formula is C20H30N4O2S. The van der Waals surface area contributed by atoms with Gasteiger partial charge in [-0.1, -0.05) is 13.8 Å². The number of aryl methyl sites for hydroxylation is 1. The minimum atomic E-state index is -0.0575. The smallest absolute Gasteiger partial charge is 0.230 e. The predicted octanol–water partition coefficient (Wildman–Crippen LogP) is 2.34. The zero-order chi connectivity index (χ0) is 19.2. The Labute approximate surface area is 165 Å². The molecule has 1 spiro atoms. The lowest BCUT2D eigenvalue weighted by Gasteiger charge is -2.29. The molecule has 0 aromatic carbocycles. The first-order chi connectivity index (χ1) is 12.9. The zero-order valence-corrected chi connectivity index (χ0v) is 17.5. The van der Waals surface area contributed by atoms with Crippen LogP contribution < -0.4 is 10.2 Å². The van der Waals surface area contributed by atoms with Gasteiger partial charge in [0.15, 0.2) is 0 Å². The number of hydrogen-bond donors (Lipinski definition) is 1. The first kappa shape index (κ1) is 19.0. The quantitative estimate of drug-likeness (QED) is 0.804. The van der Waals surface area contributed by atoms with E-state index in [2.05, 4.69) is 41.0 Å². The van der Waals surface area contributed by atoms with E-state index in [-0.39, 0.29) is 11.5 Å². The number of carbonyl (C=O) groups excluding carboxylic acids is 1. The van der Waals surface area contributed by atoms with E-state index < -0.39 is 0 Å². The number of rotatable bonds is 6. The Hall–Kier alpha value is -1.34. The lowest BCUT2D eigenvalue weighted by atomic mass is 9.73. The fourth-order valence-electron chi connectivity index (χ4n) is 4.99. The predicted molar refractivity (Wildman–Crippen MR) is 108 cm³/mol. The third kappa shape index (κ3) is 3.44. The molecule has 1 amide bonds. The van der Waals surface area contributed by atoms with E-state index in [1.165, 1.54) is 0 Å². The molecule has 4 atom stereocenters. The Morgan fingerprint density at radius 1 is 1.44 bits per heavy atom. The summed E-state index contributed by atoms with van der Waals surface area (Å²) in [7, 11) is 0. The largest absolute Gasteiger partial charge is 0.369 e. The highest BCUT2D eigenvalue weighted by Gasteiger charge is 2.63. The standard InChI is InChI=1S/C20H30N4O2S/c1-12(2)27-9-18(25)21-7-15-16-8-24(10-20(16)6-5-17(15)26-20)19-13(3)14(4)22-11-23-19/h11-12,15-17H,5-10H2,1-4H3,(H,21,25)/t15-,16+,17+,20+/m0/s1. The van der Waals surface area contributed by atoms with Gasteiger partial charge in [-0.2, -0.15) is 0 Å². The number of amides is 1. The number of anilines is 1. The molecule has 2 bridgehead atoms. The van der Waals surface area contributed by atoms with E-state index in [0.29, 0.717) is 28.9 Å². The molecule has 1 N–H and O–H groups in total. The lowest BCUT2D eigenvalue weighted by Crippen LogP contribution is -2.42. The summed E-state index contributed by atoms with van der Waals surface area (Å²) in [6.07, 6.45) is 4.18. The summed E-state index contributed by atoms with van der Waals surface area (Å²) >= 11 is 1.69. The highest BCUT2D eigenvalue weighted by molar-refractivity contribution is 8.00. The molecule has 6 nitrogen and oxygen atoms in total. The molecule has 0 saturated carbocycles. The van der Waals surface area contributed by atoms with Gasteiger partial charge < -0.3 is 15.0 Å². The molecule has 27 heavy (non-hydrogen) atoms. The van der Waals surface area contributed by atoms with Crippen LogP contribution in [-0.2, 0) is 9.53 Å². The van der Waals surface area contributed by atoms with Crippen LogP contribution in [0, 0.1) is 25.7 Å². The van der Waals surface area contributed by atoms with Crippen LogP contribution in [0.15, 0.2) is 6.33 Å². The molecule has 3 aliphatic heterocycles. The van der Waals surface area contributed by atoms with Gasteiger partial charge >= 0.3 is 0 Å². The molecule has 1 aromatic rings. The van der Waals surface area contributed by atoms with E-state index in [1.807, 2.05) is 6.92 Å². The van der Waals surface area contributed by atoms with Crippen molar-refractivity contribution in [3.05, 3.63) is 17.6 Å². The molecule has 0 aliphatic carbocycles. The Kier molecular flexibility index (Phi) is 5.10. The number of aromatic nitrogens is 2. The zero-order valence-electron chi connectivity index (χ0n) is 16.7. The van der Waals surface area contributed by atoms with Crippen molar-refractivity contribution in [2.24, 2.45) is 11.8 Å². The number of hydrogen-bond acceptors (Lipinski definition) is 6. The van der Waals surface area contributed by atoms with Gasteiger partial charge in [0.25, 0.3) is 0 Å². The van der Waals surface area contributed by atoms with Crippen LogP contribution in [0.2, 0.25) is 0 Å². The summed E-state index contributed by atoms with van der Waals surface area (Å²) in [5.41, 5.74) is 2.13. The van der Waals surface area contributed by atoms with Crippen LogP contribution in [0.25, 0.3) is 0 Å². The molecule has 3 aliphatic rings. The van der Waals surface area contributed by atoms with Crippen molar-refractivity contribution in [3.63, 3.8) is 0 Å². The van der Waals surface area contributed by atoms with Crippen LogP contribution in [0.3, 0.4) is 0 Å². The number of nitrogens with zero attached hydrogens (tertiary/aromatic N) is 3. The topological polar surface area (TPSA) is 67.4 Å². The number of carbonyl (C=O) groups is 1. The molecular weight excluding hydrogens is 360 g/mol. The lowest BCUT2D eigenvalue weighted by molar-refractivity contribution is -0.118. The minimum Gasteiger partial charge on any atom is -0.369 e. The number of fused-ring (bicyclic) bond motifs is 1. The van der Waals surface area contributed by atoms with Crippen LogP contribution in [0.5, 0.6) is 0 Å². The summed E-state index contributed by atoms with van der Waals surface area (Å²) in [5, 5.41) is 3.64. The van der Waals surface area contributed by atoms with Gasteiger partial charge in [-0.05, 0) is 31.9 Å². The highest BCUT2D eigenvalue weighted by atomic mass is 32.2. The minimum absolute atomic E-state index is 0.0575. The van der Waals surface area contributed by atoms with Crippen LogP contribution in [0.1, 0.15) is 37.9 Å². The molecule has 3 fully saturated rings. The second-order valence-corrected chi connectivity index (χ2v) is 10.0. The summed E-state index contributed by atoms with van der Waals surface area (Å²) in [6.45, 7) is 11.0. The SMILES string of the molecule is Cc1ncnc(N2C[C@@H]3[C@H](CNC(=O)CSC(C)C)[C@H]4CC[C@]3(C2)O4)c1C. The number of nitrogens with one attached hydrogen (secondary N) is 1. The van der Waals surface area contributed by atoms with Gasteiger partial charge in [-0.25, -0.2) is 9.97 Å². The van der Waals surface area contributed by atoms with E-state index in [4.69, 9.17) is 4.74 Å². The van der Waals surface area contributed by atoms with Gasteiger partial charge in [-0.15, -0.1) is 11.8 Å². The van der Waals surface area contributed by atoms with Gasteiger partial charge in [0.1, 0.15) is 12.1 Å². The molecule has 3 saturated heterocycles. The van der Waals surface area contributed by atoms with Gasteiger partial charge in [0, 0.05) is 42.7 Å². The highest BCUT2D eigenvalue weighted by Crippen LogP contribution is 2.55. The van der Waals surface area contributed by atoms with Gasteiger partial charge in [0.2, 0.25) is 5.91 Å². The van der Waals surface area contributed by atoms with Crippen LogP contribution >= 0.6 is 11.8 Å². The van der Waals surface area contributed by atoms with Crippen LogP contribution in [-0.4, -0.2) is 58.2 Å². The first-order valence-electron chi connectivity index (χ1n) is 9.99. The Bertz CT molecular complexity index is 728. The second-order valence-electron chi connectivity index (χ2n) is 8.48. The maximum Gasteiger partial charge on any atom is 0.230 e. The molecule has 7 heteroatoms. The second kappa shape index (κ2) is 7.24. The number of ether oxygens (including phenoxy) is 1. The number of thioether (sulfide) groups is 1. The van der Waals surface area contributed by atoms with Crippen molar-refractivity contribution in [1.29, 1.82) is 0 Å². The molecule has 1 aromatic heterocycles. The first-order valence-corrected chi connectivity index (χ1v) is 11.0. The third-order valence-electron chi connectivity index (χ3n) is 6.48. The molecule has 0 radical (unpaired) electrons. The molecule has 4 rings (SSSR count). The van der Waals surface area contributed by atoms with Crippen molar-refractivity contribution in [1.82, 2.24) is 15.3 Å². The average Bonchev–Trinajstić information content (AvgIpc) is 3.28. The maximum atomic E-state index is 12.2. The molecule has 4 heterocycles. The Morgan fingerprint density at radius 3 is 3.04 bits per heavy atom. The van der Waals surface area contributed by atoms with Crippen molar-refractivity contribution in [2.75, 3.05) is 30.3 Å². The van der Waals surface area contributed by atoms with Crippen molar-refractivity contribution in [2.45, 2.75) is 57.5 Å². The maximum absolute atomic E-state index is 12.2. The Balaban J connectivity index is 1.43. The average molecular weight is 391 g/mol. The van der Waals surface area contributed by atoms with Crippen molar-refractivity contribution in [3.8, 4) is 0 Å². The van der Waals surface area contributed by atoms with Crippen molar-refractivity contribution >= 4 is 23.5 Å². The van der Waals surface area contributed by atoms with E-state index in [9.17, 15) is 4.79 Å². The van der Waals surface area contributed by atoms with Crippen LogP contribution in [0.4, 0.5) is 5.82 Å². The fraction of sp³-hybridized carbons (Fsp3) is 0.750. The molecule has 148 valence electrons. The summed E-state index contributed by atoms with van der Waals surface area (Å²) in [6, 6.07) is 0. The Morgan fingerprint density at radius 2 is 2.26 bits per heavy atom. The fourth-order valence-corrected chi connectivity index (χ4v) is 5.58. The normalized spacial score (nSPS) is 31.6. The summed E-state index contributed by atoms with van der Waals surface area (Å²) in [4.78, 5) is 23.4.